The third kappa shape index (κ3) is 5.20. The van der Waals surface area contributed by atoms with Gasteiger partial charge in [0.1, 0.15) is 8.07 Å². The maximum atomic E-state index is 12.3. The Bertz CT molecular complexity index is 778. The molecule has 4 nitrogen and oxygen atoms in total. The van der Waals surface area contributed by atoms with E-state index in [9.17, 15) is 4.79 Å². The van der Waals surface area contributed by atoms with Crippen molar-refractivity contribution in [2.24, 2.45) is 0 Å². The number of amides is 1. The second kappa shape index (κ2) is 6.59. The number of nitrogens with two attached hydrogens (primary N) is 2. The lowest BCUT2D eigenvalue weighted by molar-refractivity contribution is 0.102. The van der Waals surface area contributed by atoms with Crippen molar-refractivity contribution in [2.75, 3.05) is 16.8 Å². The zero-order chi connectivity index (χ0) is 17.0. The van der Waals surface area contributed by atoms with Gasteiger partial charge in [-0.15, -0.1) is 5.54 Å². The molecule has 0 aliphatic rings. The zero-order valence-electron chi connectivity index (χ0n) is 13.6. The molecule has 0 heterocycles. The van der Waals surface area contributed by atoms with Crippen LogP contribution in [0.25, 0.3) is 0 Å². The molecular weight excluding hydrogens is 302 g/mol. The monoisotopic (exact) mass is 323 g/mol. The molecule has 2 aromatic carbocycles. The highest BCUT2D eigenvalue weighted by atomic mass is 28.3. The van der Waals surface area contributed by atoms with Gasteiger partial charge in [-0.3, -0.25) is 4.79 Å². The van der Waals surface area contributed by atoms with Gasteiger partial charge in [-0.2, -0.15) is 0 Å². The van der Waals surface area contributed by atoms with E-state index in [1.54, 1.807) is 18.2 Å². The predicted octanol–water partition coefficient (Wildman–Crippen LogP) is 3.33. The SMILES string of the molecule is C[Si](C)(C)C#Cc1cccc(NC(=O)c2cc(N)cc(N)c2)c1. The molecule has 0 saturated carbocycles. The van der Waals surface area contributed by atoms with Gasteiger partial charge in [0.2, 0.25) is 0 Å². The Kier molecular flexibility index (Phi) is 4.77. The third-order valence-electron chi connectivity index (χ3n) is 2.94. The fourth-order valence-electron chi connectivity index (χ4n) is 1.95. The molecule has 5 N–H and O–H groups in total. The quantitative estimate of drug-likeness (QED) is 0.450. The average molecular weight is 323 g/mol. The minimum Gasteiger partial charge on any atom is -0.399 e. The highest BCUT2D eigenvalue weighted by Gasteiger charge is 2.09. The number of benzene rings is 2. The molecule has 0 unspecified atom stereocenters. The first-order valence-electron chi connectivity index (χ1n) is 7.33. The van der Waals surface area contributed by atoms with E-state index in [1.807, 2.05) is 24.3 Å². The van der Waals surface area contributed by atoms with Crippen molar-refractivity contribution in [2.45, 2.75) is 19.6 Å². The molecule has 118 valence electrons. The fraction of sp³-hybridized carbons (Fsp3) is 0.167. The summed E-state index contributed by atoms with van der Waals surface area (Å²) in [5.41, 5.74) is 17.7. The minimum atomic E-state index is -1.43. The van der Waals surface area contributed by atoms with Crippen LogP contribution in [0.2, 0.25) is 19.6 Å². The van der Waals surface area contributed by atoms with Gasteiger partial charge in [0.15, 0.2) is 0 Å². The van der Waals surface area contributed by atoms with Crippen molar-refractivity contribution in [3.05, 3.63) is 53.6 Å². The summed E-state index contributed by atoms with van der Waals surface area (Å²) >= 11 is 0. The van der Waals surface area contributed by atoms with Gasteiger partial charge in [-0.1, -0.05) is 31.6 Å². The van der Waals surface area contributed by atoms with Gasteiger partial charge in [-0.25, -0.2) is 0 Å². The smallest absolute Gasteiger partial charge is 0.255 e. The van der Waals surface area contributed by atoms with Gasteiger partial charge in [0.05, 0.1) is 0 Å². The first kappa shape index (κ1) is 16.7. The number of nitrogens with one attached hydrogen (secondary N) is 1. The van der Waals surface area contributed by atoms with E-state index in [4.69, 9.17) is 11.5 Å². The van der Waals surface area contributed by atoms with E-state index >= 15 is 0 Å². The van der Waals surface area contributed by atoms with Crippen LogP contribution in [0.15, 0.2) is 42.5 Å². The molecule has 23 heavy (non-hydrogen) atoms. The van der Waals surface area contributed by atoms with Crippen molar-refractivity contribution < 1.29 is 4.79 Å². The van der Waals surface area contributed by atoms with Crippen molar-refractivity contribution in [1.29, 1.82) is 0 Å². The van der Waals surface area contributed by atoms with Crippen LogP contribution in [0.5, 0.6) is 0 Å². The summed E-state index contributed by atoms with van der Waals surface area (Å²) in [6, 6.07) is 12.3. The van der Waals surface area contributed by atoms with Crippen LogP contribution in [0, 0.1) is 11.5 Å². The predicted molar refractivity (Wildman–Crippen MR) is 99.9 cm³/mol. The van der Waals surface area contributed by atoms with Crippen molar-refractivity contribution >= 4 is 31.0 Å². The number of anilines is 3. The Balaban J connectivity index is 2.19. The van der Waals surface area contributed by atoms with Gasteiger partial charge < -0.3 is 16.8 Å². The van der Waals surface area contributed by atoms with E-state index in [0.717, 1.165) is 5.56 Å². The maximum absolute atomic E-state index is 12.3. The normalized spacial score (nSPS) is 10.6. The molecule has 0 aromatic heterocycles. The first-order valence-corrected chi connectivity index (χ1v) is 10.8. The van der Waals surface area contributed by atoms with E-state index in [-0.39, 0.29) is 5.91 Å². The minimum absolute atomic E-state index is 0.251. The van der Waals surface area contributed by atoms with Crippen molar-refractivity contribution in [3.63, 3.8) is 0 Å². The van der Waals surface area contributed by atoms with Crippen LogP contribution in [0.1, 0.15) is 15.9 Å². The number of hydrogen-bond acceptors (Lipinski definition) is 3. The molecule has 0 saturated heterocycles. The number of carbonyl (C=O) groups is 1. The first-order chi connectivity index (χ1) is 10.7. The molecule has 1 amide bonds. The lowest BCUT2D eigenvalue weighted by Gasteiger charge is -2.08. The Labute approximate surface area is 137 Å². The Morgan fingerprint density at radius 3 is 2.30 bits per heavy atom. The highest BCUT2D eigenvalue weighted by Crippen LogP contribution is 2.16. The van der Waals surface area contributed by atoms with Gasteiger partial charge >= 0.3 is 0 Å². The number of nitrogen functional groups attached to an aromatic ring is 2. The topological polar surface area (TPSA) is 81.1 Å². The molecule has 2 aromatic rings. The average Bonchev–Trinajstić information content (AvgIpc) is 2.44. The van der Waals surface area contributed by atoms with Crippen LogP contribution in [0.3, 0.4) is 0 Å². The molecule has 0 fully saturated rings. The zero-order valence-corrected chi connectivity index (χ0v) is 14.6. The summed E-state index contributed by atoms with van der Waals surface area (Å²) in [6.45, 7) is 6.57. The van der Waals surface area contributed by atoms with E-state index in [0.29, 0.717) is 22.6 Å². The molecule has 0 bridgehead atoms. The summed E-state index contributed by atoms with van der Waals surface area (Å²) in [5.74, 6) is 2.93. The van der Waals surface area contributed by atoms with Crippen molar-refractivity contribution in [1.82, 2.24) is 0 Å². The molecule has 0 spiro atoms. The summed E-state index contributed by atoms with van der Waals surface area (Å²) < 4.78 is 0. The van der Waals surface area contributed by atoms with E-state index in [2.05, 4.69) is 36.4 Å². The molecule has 5 heteroatoms. The Morgan fingerprint density at radius 2 is 1.70 bits per heavy atom. The number of carbonyl (C=O) groups excluding carboxylic acids is 1. The van der Waals surface area contributed by atoms with Crippen LogP contribution in [-0.2, 0) is 0 Å². The largest absolute Gasteiger partial charge is 0.399 e. The van der Waals surface area contributed by atoms with E-state index < -0.39 is 8.07 Å². The van der Waals surface area contributed by atoms with Gasteiger partial charge in [-0.05, 0) is 36.4 Å². The molecule has 0 radical (unpaired) electrons. The fourth-order valence-corrected chi connectivity index (χ4v) is 2.46. The molecule has 0 aliphatic heterocycles. The van der Waals surface area contributed by atoms with Gasteiger partial charge in [0, 0.05) is 28.2 Å². The standard InChI is InChI=1S/C18H21N3OSi/c1-23(2,3)8-7-13-5-4-6-17(9-13)21-18(22)14-10-15(19)12-16(20)11-14/h4-6,9-12H,19-20H2,1-3H3,(H,21,22). The molecule has 0 aliphatic carbocycles. The summed E-state index contributed by atoms with van der Waals surface area (Å²) in [6.07, 6.45) is 0. The Hall–Kier alpha value is -2.71. The number of hydrogen-bond donors (Lipinski definition) is 3. The van der Waals surface area contributed by atoms with Crippen LogP contribution < -0.4 is 16.8 Å². The summed E-state index contributed by atoms with van der Waals surface area (Å²) in [4.78, 5) is 12.3. The lowest BCUT2D eigenvalue weighted by Crippen LogP contribution is -2.16. The molecule has 0 atom stereocenters. The third-order valence-corrected chi connectivity index (χ3v) is 3.82. The van der Waals surface area contributed by atoms with Crippen LogP contribution in [0.4, 0.5) is 17.1 Å². The van der Waals surface area contributed by atoms with Gasteiger partial charge in [0.25, 0.3) is 5.91 Å². The molecular formula is C18H21N3OSi. The summed E-state index contributed by atoms with van der Waals surface area (Å²) in [5, 5.41) is 2.84. The van der Waals surface area contributed by atoms with Crippen LogP contribution in [-0.4, -0.2) is 14.0 Å². The highest BCUT2D eigenvalue weighted by molar-refractivity contribution is 6.83. The number of rotatable bonds is 2. The second-order valence-corrected chi connectivity index (χ2v) is 11.2. The lowest BCUT2D eigenvalue weighted by atomic mass is 10.1. The van der Waals surface area contributed by atoms with E-state index in [1.165, 1.54) is 0 Å². The second-order valence-electron chi connectivity index (χ2n) is 6.42. The van der Waals surface area contributed by atoms with Crippen LogP contribution >= 0.6 is 0 Å². The maximum Gasteiger partial charge on any atom is 0.255 e. The summed E-state index contributed by atoms with van der Waals surface area (Å²) in [7, 11) is -1.43. The van der Waals surface area contributed by atoms with Crippen molar-refractivity contribution in [3.8, 4) is 11.5 Å². The Morgan fingerprint density at radius 1 is 1.04 bits per heavy atom. The molecule has 2 rings (SSSR count).